The molecule has 148 valence electrons. The summed E-state index contributed by atoms with van der Waals surface area (Å²) in [4.78, 5) is 21.0. The third kappa shape index (κ3) is 6.26. The molecule has 1 aliphatic rings. The second kappa shape index (κ2) is 10.9. The second-order valence-corrected chi connectivity index (χ2v) is 7.09. The van der Waals surface area contributed by atoms with Crippen LogP contribution in [0.2, 0.25) is 0 Å². The van der Waals surface area contributed by atoms with Crippen LogP contribution in [0.4, 0.5) is 5.69 Å². The summed E-state index contributed by atoms with van der Waals surface area (Å²) < 4.78 is 0. The average molecular weight is 426 g/mol. The van der Waals surface area contributed by atoms with E-state index in [1.165, 1.54) is 12.8 Å². The van der Waals surface area contributed by atoms with E-state index in [-0.39, 0.29) is 63.3 Å². The van der Waals surface area contributed by atoms with Crippen LogP contribution in [0.15, 0.2) is 66.3 Å². The fraction of sp³-hybridized carbons (Fsp3) is 0.227. The van der Waals surface area contributed by atoms with Gasteiger partial charge in [-0.25, -0.2) is 0 Å². The van der Waals surface area contributed by atoms with Gasteiger partial charge in [0.2, 0.25) is 0 Å². The Morgan fingerprint density at radius 3 is 2.97 bits per heavy atom. The van der Waals surface area contributed by atoms with Gasteiger partial charge in [-0.2, -0.15) is 0 Å². The van der Waals surface area contributed by atoms with Crippen LogP contribution >= 0.6 is 0 Å². The summed E-state index contributed by atoms with van der Waals surface area (Å²) in [6, 6.07) is 9.68. The zero-order chi connectivity index (χ0) is 20.1. The number of pyridine rings is 1. The first-order chi connectivity index (χ1) is 14.2. The molecule has 1 aromatic carbocycles. The van der Waals surface area contributed by atoms with Crippen molar-refractivity contribution in [3.05, 3.63) is 89.6 Å². The molecular weight excluding hydrogens is 403 g/mol. The zero-order valence-corrected chi connectivity index (χ0v) is 20.2. The van der Waals surface area contributed by atoms with Crippen LogP contribution in [-0.2, 0) is 0 Å². The minimum atomic E-state index is -0.150. The first-order valence-electron chi connectivity index (χ1n) is 9.57. The Morgan fingerprint density at radius 1 is 1.33 bits per heavy atom. The molecule has 1 atom stereocenters. The van der Waals surface area contributed by atoms with Crippen molar-refractivity contribution in [1.82, 2.24) is 20.5 Å². The van der Waals surface area contributed by atoms with Gasteiger partial charge in [0.1, 0.15) is 0 Å². The van der Waals surface area contributed by atoms with Gasteiger partial charge in [0.25, 0.3) is 5.91 Å². The number of aromatic nitrogens is 3. The number of carbonyl (C=O) groups excluding carboxylic acids is 1. The monoisotopic (exact) mass is 425 g/mol. The predicted octanol–water partition coefficient (Wildman–Crippen LogP) is 0.183. The SMILES string of the molecule is CC(N[C-]=CN=c1cn[nH][cH-]1)c1cccc(NC(=O)c2cncc(C3CC3)c2)c1.[K+]. The summed E-state index contributed by atoms with van der Waals surface area (Å²) in [7, 11) is 0. The average Bonchev–Trinajstić information content (AvgIpc) is 3.47. The summed E-state index contributed by atoms with van der Waals surface area (Å²) >= 11 is 0. The number of nitrogens with zero attached hydrogens (tertiary/aromatic N) is 3. The van der Waals surface area contributed by atoms with Gasteiger partial charge < -0.3 is 26.9 Å². The van der Waals surface area contributed by atoms with Crippen molar-refractivity contribution >= 4 is 11.6 Å². The minimum absolute atomic E-state index is 0. The van der Waals surface area contributed by atoms with E-state index >= 15 is 0 Å². The Bertz CT molecular complexity index is 1070. The number of hydrogen-bond acceptors (Lipinski definition) is 5. The topological polar surface area (TPSA) is 95.1 Å². The molecule has 1 saturated carbocycles. The van der Waals surface area contributed by atoms with Gasteiger partial charge in [-0.1, -0.05) is 23.7 Å². The summed E-state index contributed by atoms with van der Waals surface area (Å²) in [5.74, 6) is 0.415. The van der Waals surface area contributed by atoms with E-state index < -0.39 is 0 Å². The number of anilines is 1. The maximum absolute atomic E-state index is 12.6. The minimum Gasteiger partial charge on any atom is -0.560 e. The van der Waals surface area contributed by atoms with Crippen LogP contribution < -0.4 is 67.4 Å². The van der Waals surface area contributed by atoms with Crippen LogP contribution in [0.3, 0.4) is 0 Å². The van der Waals surface area contributed by atoms with Crippen LogP contribution in [0.1, 0.15) is 53.2 Å². The number of H-pyrrole nitrogens is 1. The number of carbonyl (C=O) groups is 1. The molecule has 7 nitrogen and oxygen atoms in total. The van der Waals surface area contributed by atoms with E-state index in [1.54, 1.807) is 24.8 Å². The molecule has 0 saturated heterocycles. The molecule has 4 rings (SSSR count). The van der Waals surface area contributed by atoms with E-state index in [9.17, 15) is 4.79 Å². The Hall–Kier alpha value is -1.97. The number of amides is 1. The molecule has 0 aliphatic heterocycles. The third-order valence-electron chi connectivity index (χ3n) is 4.78. The molecule has 3 N–H and O–H groups in total. The molecule has 1 fully saturated rings. The van der Waals surface area contributed by atoms with Crippen molar-refractivity contribution in [2.24, 2.45) is 4.99 Å². The first-order valence-corrected chi connectivity index (χ1v) is 9.57. The number of rotatable bonds is 7. The standard InChI is InChI=1S/C22H22N6O.K/c1-15(24-7-8-25-21-13-26-27-14-21)17-3-2-4-20(10-17)28-22(29)19-9-18(11-23-12-19)16-5-6-16;/h2-4,8-16,24,26H,5-6H2,1H3,(H,28,29);/q-2;+1. The quantitative estimate of drug-likeness (QED) is 0.286. The molecule has 2 heterocycles. The molecule has 0 radical (unpaired) electrons. The molecule has 8 heteroatoms. The second-order valence-electron chi connectivity index (χ2n) is 7.09. The van der Waals surface area contributed by atoms with Crippen molar-refractivity contribution in [2.75, 3.05) is 5.32 Å². The van der Waals surface area contributed by atoms with E-state index in [1.807, 2.05) is 43.5 Å². The number of benzene rings is 1. The van der Waals surface area contributed by atoms with Crippen LogP contribution in [-0.4, -0.2) is 21.1 Å². The van der Waals surface area contributed by atoms with Gasteiger partial charge in [-0.05, 0) is 55.0 Å². The fourth-order valence-electron chi connectivity index (χ4n) is 2.98. The molecule has 0 spiro atoms. The van der Waals surface area contributed by atoms with E-state index in [0.717, 1.165) is 22.2 Å². The summed E-state index contributed by atoms with van der Waals surface area (Å²) in [5, 5.41) is 13.4. The molecule has 30 heavy (non-hydrogen) atoms. The molecule has 1 unspecified atom stereocenters. The number of nitrogens with one attached hydrogen (secondary N) is 3. The van der Waals surface area contributed by atoms with E-state index in [2.05, 4.69) is 37.0 Å². The number of hydrogen-bond donors (Lipinski definition) is 3. The van der Waals surface area contributed by atoms with Crippen molar-refractivity contribution < 1.29 is 56.2 Å². The fourth-order valence-corrected chi connectivity index (χ4v) is 2.98. The Morgan fingerprint density at radius 2 is 2.20 bits per heavy atom. The normalized spacial score (nSPS) is 14.9. The first kappa shape index (κ1) is 22.7. The Kier molecular flexibility index (Phi) is 8.23. The predicted molar refractivity (Wildman–Crippen MR) is 110 cm³/mol. The molecule has 1 amide bonds. The van der Waals surface area contributed by atoms with Gasteiger partial charge in [0, 0.05) is 24.1 Å². The Labute approximate surface area is 217 Å². The van der Waals surface area contributed by atoms with Crippen LogP contribution in [0.5, 0.6) is 0 Å². The van der Waals surface area contributed by atoms with Crippen molar-refractivity contribution in [1.29, 1.82) is 0 Å². The molecule has 3 aromatic rings. The molecule has 1 aliphatic carbocycles. The summed E-state index contributed by atoms with van der Waals surface area (Å²) in [6.45, 7) is 2.02. The summed E-state index contributed by atoms with van der Waals surface area (Å²) in [5.41, 5.74) is 3.50. The molecule has 2 aromatic heterocycles. The Balaban J connectivity index is 0.00000256. The summed E-state index contributed by atoms with van der Waals surface area (Å²) in [6.07, 6.45) is 13.7. The van der Waals surface area contributed by atoms with Gasteiger partial charge in [-0.15, -0.1) is 12.4 Å². The molecule has 0 bridgehead atoms. The van der Waals surface area contributed by atoms with Gasteiger partial charge in [-0.3, -0.25) is 14.9 Å². The zero-order valence-electron chi connectivity index (χ0n) is 17.1. The van der Waals surface area contributed by atoms with Crippen LogP contribution in [0.25, 0.3) is 0 Å². The van der Waals surface area contributed by atoms with Crippen molar-refractivity contribution in [3.63, 3.8) is 0 Å². The van der Waals surface area contributed by atoms with Crippen LogP contribution in [0, 0.1) is 6.20 Å². The maximum atomic E-state index is 12.6. The van der Waals surface area contributed by atoms with Crippen molar-refractivity contribution in [3.8, 4) is 0 Å². The maximum Gasteiger partial charge on any atom is 1.00 e. The van der Waals surface area contributed by atoms with Gasteiger partial charge in [0.15, 0.2) is 0 Å². The van der Waals surface area contributed by atoms with Gasteiger partial charge in [0.05, 0.1) is 5.56 Å². The molecular formula is C22H22KN6O-. The van der Waals surface area contributed by atoms with Crippen molar-refractivity contribution in [2.45, 2.75) is 31.7 Å². The number of aromatic amines is 1. The largest absolute Gasteiger partial charge is 1.00 e. The smallest absolute Gasteiger partial charge is 0.560 e. The van der Waals surface area contributed by atoms with E-state index in [4.69, 9.17) is 0 Å². The van der Waals surface area contributed by atoms with E-state index in [0.29, 0.717) is 11.5 Å². The third-order valence-corrected chi connectivity index (χ3v) is 4.78. The van der Waals surface area contributed by atoms with Gasteiger partial charge >= 0.3 is 51.4 Å².